The van der Waals surface area contributed by atoms with Crippen molar-refractivity contribution in [3.63, 3.8) is 0 Å². The topological polar surface area (TPSA) is 87.7 Å². The molecular formula is C21H21BrFN3O4. The lowest BCUT2D eigenvalue weighted by atomic mass is 9.93. The van der Waals surface area contributed by atoms with Crippen molar-refractivity contribution >= 4 is 39.5 Å². The molecule has 1 aliphatic heterocycles. The van der Waals surface area contributed by atoms with Crippen molar-refractivity contribution in [2.45, 2.75) is 25.3 Å². The third kappa shape index (κ3) is 4.79. The molecule has 3 rings (SSSR count). The second-order valence-electron chi connectivity index (χ2n) is 7.17. The minimum atomic E-state index is -1.12. The number of urea groups is 1. The van der Waals surface area contributed by atoms with Gasteiger partial charge in [-0.25, -0.2) is 9.18 Å². The number of aryl methyl sites for hydroxylation is 1. The number of amides is 4. The highest BCUT2D eigenvalue weighted by atomic mass is 79.9. The van der Waals surface area contributed by atoms with E-state index in [-0.39, 0.29) is 5.69 Å². The number of nitrogens with one attached hydrogen (secondary N) is 2. The van der Waals surface area contributed by atoms with E-state index in [1.165, 1.54) is 12.1 Å². The summed E-state index contributed by atoms with van der Waals surface area (Å²) in [5.74, 6) is -1.06. The first-order valence-corrected chi connectivity index (χ1v) is 10.0. The van der Waals surface area contributed by atoms with Gasteiger partial charge in [-0.2, -0.15) is 0 Å². The quantitative estimate of drug-likeness (QED) is 0.597. The van der Waals surface area contributed by atoms with Crippen molar-refractivity contribution in [1.29, 1.82) is 0 Å². The molecule has 2 aromatic carbocycles. The van der Waals surface area contributed by atoms with E-state index in [4.69, 9.17) is 4.74 Å². The van der Waals surface area contributed by atoms with Crippen LogP contribution in [0.1, 0.15) is 18.9 Å². The number of hydrogen-bond acceptors (Lipinski definition) is 4. The summed E-state index contributed by atoms with van der Waals surface area (Å²) in [6.07, 6.45) is 0.917. The van der Waals surface area contributed by atoms with E-state index in [9.17, 15) is 18.8 Å². The second kappa shape index (κ2) is 8.83. The molecule has 158 valence electrons. The van der Waals surface area contributed by atoms with Gasteiger partial charge in [-0.15, -0.1) is 0 Å². The number of ether oxygens (including phenoxy) is 1. The van der Waals surface area contributed by atoms with Gasteiger partial charge >= 0.3 is 6.03 Å². The SMILES string of the molecule is COc1ccc(CC[C@@]2(C)NC(=O)N(CC(=O)Nc3ccc(Br)cc3F)C2=O)cc1. The maximum absolute atomic E-state index is 13.9. The normalized spacial score (nSPS) is 18.3. The van der Waals surface area contributed by atoms with Crippen LogP contribution in [-0.4, -0.2) is 41.9 Å². The summed E-state index contributed by atoms with van der Waals surface area (Å²) in [6, 6.07) is 11.0. The largest absolute Gasteiger partial charge is 0.497 e. The van der Waals surface area contributed by atoms with Gasteiger partial charge in [0.15, 0.2) is 0 Å². The first-order valence-electron chi connectivity index (χ1n) is 9.24. The van der Waals surface area contributed by atoms with Crippen LogP contribution < -0.4 is 15.4 Å². The van der Waals surface area contributed by atoms with Crippen LogP contribution >= 0.6 is 15.9 Å². The monoisotopic (exact) mass is 477 g/mol. The first kappa shape index (κ1) is 21.8. The Morgan fingerprint density at radius 2 is 1.93 bits per heavy atom. The van der Waals surface area contributed by atoms with Gasteiger partial charge in [0.1, 0.15) is 23.7 Å². The highest BCUT2D eigenvalue weighted by molar-refractivity contribution is 9.10. The maximum Gasteiger partial charge on any atom is 0.325 e. The Morgan fingerprint density at radius 1 is 1.23 bits per heavy atom. The zero-order chi connectivity index (χ0) is 21.9. The summed E-state index contributed by atoms with van der Waals surface area (Å²) in [5, 5.41) is 5.04. The van der Waals surface area contributed by atoms with E-state index in [0.717, 1.165) is 16.2 Å². The molecule has 0 aromatic heterocycles. The molecule has 9 heteroatoms. The van der Waals surface area contributed by atoms with Gasteiger partial charge < -0.3 is 15.4 Å². The molecule has 2 aromatic rings. The Labute approximate surface area is 181 Å². The summed E-state index contributed by atoms with van der Waals surface area (Å²) in [4.78, 5) is 38.3. The predicted molar refractivity (Wildman–Crippen MR) is 113 cm³/mol. The van der Waals surface area contributed by atoms with Crippen molar-refractivity contribution in [2.75, 3.05) is 19.0 Å². The molecule has 1 heterocycles. The zero-order valence-corrected chi connectivity index (χ0v) is 18.1. The fourth-order valence-corrected chi connectivity index (χ4v) is 3.50. The third-order valence-electron chi connectivity index (χ3n) is 4.92. The number of carbonyl (C=O) groups excluding carboxylic acids is 3. The minimum absolute atomic E-state index is 0.0301. The van der Waals surface area contributed by atoms with E-state index in [1.54, 1.807) is 20.1 Å². The van der Waals surface area contributed by atoms with E-state index < -0.39 is 35.7 Å². The van der Waals surface area contributed by atoms with E-state index in [2.05, 4.69) is 26.6 Å². The Kier molecular flexibility index (Phi) is 6.40. The molecule has 2 N–H and O–H groups in total. The molecule has 0 bridgehead atoms. The lowest BCUT2D eigenvalue weighted by Crippen LogP contribution is -2.45. The highest BCUT2D eigenvalue weighted by Crippen LogP contribution is 2.24. The zero-order valence-electron chi connectivity index (χ0n) is 16.5. The van der Waals surface area contributed by atoms with Crippen LogP contribution in [0, 0.1) is 5.82 Å². The number of carbonyl (C=O) groups is 3. The van der Waals surface area contributed by atoms with Crippen molar-refractivity contribution in [3.8, 4) is 5.75 Å². The molecule has 1 fully saturated rings. The molecular weight excluding hydrogens is 457 g/mol. The number of methoxy groups -OCH3 is 1. The molecule has 0 aliphatic carbocycles. The summed E-state index contributed by atoms with van der Waals surface area (Å²) in [5.41, 5.74) is -0.168. The Hall–Kier alpha value is -2.94. The third-order valence-corrected chi connectivity index (χ3v) is 5.42. The van der Waals surface area contributed by atoms with E-state index in [0.29, 0.717) is 17.3 Å². The van der Waals surface area contributed by atoms with Crippen LogP contribution in [0.2, 0.25) is 0 Å². The van der Waals surface area contributed by atoms with Gasteiger partial charge in [0.25, 0.3) is 5.91 Å². The van der Waals surface area contributed by atoms with Crippen LogP contribution in [0.25, 0.3) is 0 Å². The minimum Gasteiger partial charge on any atom is -0.497 e. The average Bonchev–Trinajstić information content (AvgIpc) is 2.92. The van der Waals surface area contributed by atoms with Crippen molar-refractivity contribution in [1.82, 2.24) is 10.2 Å². The van der Waals surface area contributed by atoms with Crippen molar-refractivity contribution < 1.29 is 23.5 Å². The molecule has 30 heavy (non-hydrogen) atoms. The van der Waals surface area contributed by atoms with Gasteiger partial charge in [0, 0.05) is 4.47 Å². The fraction of sp³-hybridized carbons (Fsp3) is 0.286. The summed E-state index contributed by atoms with van der Waals surface area (Å²) < 4.78 is 19.5. The van der Waals surface area contributed by atoms with Gasteiger partial charge in [-0.3, -0.25) is 14.5 Å². The van der Waals surface area contributed by atoms with Gasteiger partial charge in [0.05, 0.1) is 12.8 Å². The van der Waals surface area contributed by atoms with Gasteiger partial charge in [0.2, 0.25) is 5.91 Å². The molecule has 1 aliphatic rings. The Balaban J connectivity index is 1.62. The van der Waals surface area contributed by atoms with Crippen LogP contribution in [0.3, 0.4) is 0 Å². The van der Waals surface area contributed by atoms with Crippen LogP contribution in [0.5, 0.6) is 5.75 Å². The molecule has 0 radical (unpaired) electrons. The highest BCUT2D eigenvalue weighted by Gasteiger charge is 2.47. The molecule has 0 saturated carbocycles. The Bertz CT molecular complexity index is 983. The lowest BCUT2D eigenvalue weighted by molar-refractivity contribution is -0.133. The summed E-state index contributed by atoms with van der Waals surface area (Å²) in [6.45, 7) is 1.13. The number of rotatable bonds is 7. The number of anilines is 1. The summed E-state index contributed by atoms with van der Waals surface area (Å²) >= 11 is 3.14. The average molecular weight is 478 g/mol. The molecule has 1 atom stereocenters. The molecule has 4 amide bonds. The number of benzene rings is 2. The van der Waals surface area contributed by atoms with E-state index in [1.807, 2.05) is 24.3 Å². The number of halogens is 2. The maximum atomic E-state index is 13.9. The van der Waals surface area contributed by atoms with Crippen LogP contribution in [0.4, 0.5) is 14.9 Å². The van der Waals surface area contributed by atoms with Gasteiger partial charge in [-0.05, 0) is 55.7 Å². The first-order chi connectivity index (χ1) is 14.2. The van der Waals surface area contributed by atoms with Crippen molar-refractivity contribution in [3.05, 3.63) is 58.3 Å². The molecule has 1 saturated heterocycles. The number of imide groups is 1. The predicted octanol–water partition coefficient (Wildman–Crippen LogP) is 3.48. The fourth-order valence-electron chi connectivity index (χ4n) is 3.17. The molecule has 0 spiro atoms. The van der Waals surface area contributed by atoms with E-state index >= 15 is 0 Å². The number of nitrogens with zero attached hydrogens (tertiary/aromatic N) is 1. The van der Waals surface area contributed by atoms with Gasteiger partial charge in [-0.1, -0.05) is 28.1 Å². The smallest absolute Gasteiger partial charge is 0.325 e. The molecule has 7 nitrogen and oxygen atoms in total. The Morgan fingerprint density at radius 3 is 2.57 bits per heavy atom. The summed E-state index contributed by atoms with van der Waals surface area (Å²) in [7, 11) is 1.58. The second-order valence-corrected chi connectivity index (χ2v) is 8.09. The van der Waals surface area contributed by atoms with Crippen molar-refractivity contribution in [2.24, 2.45) is 0 Å². The number of hydrogen-bond donors (Lipinski definition) is 2. The molecule has 0 unspecified atom stereocenters. The van der Waals surface area contributed by atoms with Crippen LogP contribution in [0.15, 0.2) is 46.9 Å². The standard InChI is InChI=1S/C21H21BrFN3O4/c1-21(10-9-13-3-6-15(30-2)7-4-13)19(28)26(20(29)25-21)12-18(27)24-17-8-5-14(22)11-16(17)23/h3-8,11H,9-10,12H2,1-2H3,(H,24,27)(H,25,29)/t21-/m1/s1. The van der Waals surface area contributed by atoms with Crippen LogP contribution in [-0.2, 0) is 16.0 Å². The lowest BCUT2D eigenvalue weighted by Gasteiger charge is -2.21.